The Balaban J connectivity index is 4.25. The van der Waals surface area contributed by atoms with Gasteiger partial charge in [-0.15, -0.1) is 0 Å². The van der Waals surface area contributed by atoms with Crippen LogP contribution >= 0.6 is 0 Å². The van der Waals surface area contributed by atoms with Crippen LogP contribution in [0.4, 0.5) is 0 Å². The molecule has 0 saturated carbocycles. The van der Waals surface area contributed by atoms with Crippen LogP contribution < -0.4 is 0 Å². The van der Waals surface area contributed by atoms with Gasteiger partial charge in [0.25, 0.3) is 10.1 Å². The molecule has 0 saturated heterocycles. The summed E-state index contributed by atoms with van der Waals surface area (Å²) in [6.45, 7) is -1.44. The average Bonchev–Trinajstić information content (AvgIpc) is 2.22. The van der Waals surface area contributed by atoms with Crippen molar-refractivity contribution in [1.29, 1.82) is 0 Å². The number of aliphatic hydroxyl groups is 4. The van der Waals surface area contributed by atoms with Crippen molar-refractivity contribution < 1.29 is 33.4 Å². The molecule has 0 aromatic heterocycles. The summed E-state index contributed by atoms with van der Waals surface area (Å²) >= 11 is 0. The molecule has 0 radical (unpaired) electrons. The van der Waals surface area contributed by atoms with E-state index >= 15 is 0 Å². The van der Waals surface area contributed by atoms with Gasteiger partial charge < -0.3 is 20.4 Å². The van der Waals surface area contributed by atoms with E-state index in [9.17, 15) is 8.42 Å². The maximum Gasteiger partial charge on any atom is 0.292 e. The van der Waals surface area contributed by atoms with Gasteiger partial charge in [0, 0.05) is 13.0 Å². The van der Waals surface area contributed by atoms with Crippen LogP contribution in [0.3, 0.4) is 0 Å². The van der Waals surface area contributed by atoms with Gasteiger partial charge in [-0.1, -0.05) is 0 Å². The molecule has 98 valence electrons. The van der Waals surface area contributed by atoms with Crippen molar-refractivity contribution >= 4 is 10.1 Å². The third-order valence-electron chi connectivity index (χ3n) is 2.13. The second-order valence-corrected chi connectivity index (χ2v) is 4.81. The van der Waals surface area contributed by atoms with E-state index in [0.717, 1.165) is 0 Å². The lowest BCUT2D eigenvalue weighted by Gasteiger charge is -2.27. The molecule has 9 heteroatoms. The summed E-state index contributed by atoms with van der Waals surface area (Å²) in [5.74, 6) is 0. The average molecular weight is 259 g/mol. The highest BCUT2D eigenvalue weighted by Gasteiger charge is 2.22. The van der Waals surface area contributed by atoms with Crippen LogP contribution in [0, 0.1) is 0 Å². The van der Waals surface area contributed by atoms with Crippen molar-refractivity contribution in [2.24, 2.45) is 0 Å². The quantitative estimate of drug-likeness (QED) is 0.232. The normalized spacial score (nSPS) is 14.7. The van der Waals surface area contributed by atoms with E-state index in [4.69, 9.17) is 25.0 Å². The molecule has 1 unspecified atom stereocenters. The maximum absolute atomic E-state index is 10.5. The van der Waals surface area contributed by atoms with Crippen molar-refractivity contribution in [3.8, 4) is 0 Å². The minimum Gasteiger partial charge on any atom is -0.395 e. The number of hydrogen-bond donors (Lipinski definition) is 5. The largest absolute Gasteiger partial charge is 0.395 e. The molecule has 0 fully saturated rings. The molecule has 0 aliphatic rings. The fraction of sp³-hybridized carbons (Fsp3) is 1.00. The Labute approximate surface area is 93.5 Å². The SMILES string of the molecule is O=S(=O)(O)C(O)CCN(CO)C(CO)CO. The highest BCUT2D eigenvalue weighted by atomic mass is 32.2. The molecule has 0 spiro atoms. The summed E-state index contributed by atoms with van der Waals surface area (Å²) in [6.07, 6.45) is -0.337. The molecule has 8 nitrogen and oxygen atoms in total. The third-order valence-corrected chi connectivity index (χ3v) is 3.05. The molecule has 5 N–H and O–H groups in total. The Morgan fingerprint density at radius 3 is 1.94 bits per heavy atom. The van der Waals surface area contributed by atoms with Gasteiger partial charge >= 0.3 is 0 Å². The van der Waals surface area contributed by atoms with Gasteiger partial charge in [-0.05, 0) is 0 Å². The second kappa shape index (κ2) is 7.12. The fourth-order valence-electron chi connectivity index (χ4n) is 1.08. The lowest BCUT2D eigenvalue weighted by molar-refractivity contribution is 0.00877. The van der Waals surface area contributed by atoms with Crippen LogP contribution in [0.25, 0.3) is 0 Å². The Morgan fingerprint density at radius 2 is 1.62 bits per heavy atom. The van der Waals surface area contributed by atoms with E-state index in [-0.39, 0.29) is 13.0 Å². The lowest BCUT2D eigenvalue weighted by Crippen LogP contribution is -2.43. The molecular weight excluding hydrogens is 242 g/mol. The summed E-state index contributed by atoms with van der Waals surface area (Å²) in [6, 6.07) is -0.737. The Morgan fingerprint density at radius 1 is 1.12 bits per heavy atom. The first-order valence-electron chi connectivity index (χ1n) is 4.57. The molecule has 0 aromatic rings. The summed E-state index contributed by atoms with van der Waals surface area (Å²) < 4.78 is 29.4. The van der Waals surface area contributed by atoms with Crippen LogP contribution in [0.2, 0.25) is 0 Å². The first-order chi connectivity index (χ1) is 7.36. The van der Waals surface area contributed by atoms with Gasteiger partial charge in [0.2, 0.25) is 0 Å². The molecule has 0 aliphatic carbocycles. The van der Waals surface area contributed by atoms with Crippen LogP contribution in [0.1, 0.15) is 6.42 Å². The van der Waals surface area contributed by atoms with Crippen molar-refractivity contribution in [2.75, 3.05) is 26.5 Å². The van der Waals surface area contributed by atoms with Gasteiger partial charge in [-0.3, -0.25) is 9.45 Å². The van der Waals surface area contributed by atoms with E-state index in [0.29, 0.717) is 0 Å². The summed E-state index contributed by atoms with van der Waals surface area (Å²) in [4.78, 5) is 1.18. The van der Waals surface area contributed by atoms with Crippen LogP contribution in [0.15, 0.2) is 0 Å². The first kappa shape index (κ1) is 15.7. The fourth-order valence-corrected chi connectivity index (χ4v) is 1.49. The Hall–Kier alpha value is -0.290. The number of nitrogens with zero attached hydrogens (tertiary/aromatic N) is 1. The number of aliphatic hydroxyl groups excluding tert-OH is 4. The first-order valence-corrected chi connectivity index (χ1v) is 6.08. The molecule has 0 heterocycles. The highest BCUT2D eigenvalue weighted by Crippen LogP contribution is 2.05. The molecule has 0 aliphatic heterocycles. The third kappa shape index (κ3) is 5.16. The molecule has 0 aromatic carbocycles. The molecule has 0 rings (SSSR count). The molecule has 0 bridgehead atoms. The minimum atomic E-state index is -4.52. The van der Waals surface area contributed by atoms with Gasteiger partial charge in [-0.25, -0.2) is 0 Å². The maximum atomic E-state index is 10.5. The highest BCUT2D eigenvalue weighted by molar-refractivity contribution is 7.86. The van der Waals surface area contributed by atoms with E-state index in [1.54, 1.807) is 0 Å². The molecule has 16 heavy (non-hydrogen) atoms. The number of hydrogen-bond acceptors (Lipinski definition) is 7. The van der Waals surface area contributed by atoms with Crippen LogP contribution in [-0.2, 0) is 10.1 Å². The minimum absolute atomic E-state index is 0.0940. The monoisotopic (exact) mass is 259 g/mol. The summed E-state index contributed by atoms with van der Waals surface area (Å²) in [7, 11) is -4.52. The summed E-state index contributed by atoms with van der Waals surface area (Å²) in [5.41, 5.74) is -1.94. The van der Waals surface area contributed by atoms with E-state index in [2.05, 4.69) is 0 Å². The topological polar surface area (TPSA) is 139 Å². The van der Waals surface area contributed by atoms with Crippen molar-refractivity contribution in [1.82, 2.24) is 4.90 Å². The van der Waals surface area contributed by atoms with E-state index in [1.165, 1.54) is 4.90 Å². The van der Waals surface area contributed by atoms with Gasteiger partial charge in [0.15, 0.2) is 5.44 Å². The Kier molecular flexibility index (Phi) is 6.99. The second-order valence-electron chi connectivity index (χ2n) is 3.23. The predicted octanol–water partition coefficient (Wildman–Crippen LogP) is -2.81. The van der Waals surface area contributed by atoms with Gasteiger partial charge in [-0.2, -0.15) is 8.42 Å². The van der Waals surface area contributed by atoms with Crippen molar-refractivity contribution in [3.05, 3.63) is 0 Å². The van der Waals surface area contributed by atoms with Crippen LogP contribution in [-0.4, -0.2) is 76.3 Å². The smallest absolute Gasteiger partial charge is 0.292 e. The van der Waals surface area contributed by atoms with Crippen molar-refractivity contribution in [2.45, 2.75) is 17.9 Å². The van der Waals surface area contributed by atoms with Crippen molar-refractivity contribution in [3.63, 3.8) is 0 Å². The molecular formula is C7H17NO7S. The zero-order valence-electron chi connectivity index (χ0n) is 8.60. The van der Waals surface area contributed by atoms with E-state index < -0.39 is 41.5 Å². The van der Waals surface area contributed by atoms with Gasteiger partial charge in [0.05, 0.1) is 26.0 Å². The number of rotatable bonds is 8. The molecule has 1 atom stereocenters. The van der Waals surface area contributed by atoms with Gasteiger partial charge in [0.1, 0.15) is 0 Å². The lowest BCUT2D eigenvalue weighted by atomic mass is 10.2. The molecule has 0 amide bonds. The summed E-state index contributed by atoms with van der Waals surface area (Å²) in [5, 5.41) is 35.5. The van der Waals surface area contributed by atoms with E-state index in [1.807, 2.05) is 0 Å². The predicted molar refractivity (Wildman–Crippen MR) is 53.9 cm³/mol. The van der Waals surface area contributed by atoms with Crippen LogP contribution in [0.5, 0.6) is 0 Å². The standard InChI is InChI=1S/C7H17NO7S/c9-3-6(4-10)8(5-11)2-1-7(12)16(13,14)15/h6-7,9-12H,1-5H2,(H,13,14,15). The zero-order chi connectivity index (χ0) is 12.8. The Bertz CT molecular complexity index is 276. The zero-order valence-corrected chi connectivity index (χ0v) is 9.41.